The Hall–Kier alpha value is -0.0400. The normalized spacial score (nSPS) is 31.2. The Kier molecular flexibility index (Phi) is 4.92. The quantitative estimate of drug-likeness (QED) is 0.674. The van der Waals surface area contributed by atoms with E-state index in [0.717, 1.165) is 31.6 Å². The third-order valence-electron chi connectivity index (χ3n) is 4.72. The summed E-state index contributed by atoms with van der Waals surface area (Å²) in [5.41, 5.74) is 0.355. The number of hydrogen-bond donors (Lipinski definition) is 1. The van der Waals surface area contributed by atoms with Crippen molar-refractivity contribution < 1.29 is 5.11 Å². The molecule has 0 aromatic rings. The van der Waals surface area contributed by atoms with E-state index in [9.17, 15) is 5.11 Å². The Labute approximate surface area is 114 Å². The lowest BCUT2D eigenvalue weighted by Gasteiger charge is -2.32. The topological polar surface area (TPSA) is 20.2 Å². The van der Waals surface area contributed by atoms with Crippen LogP contribution in [0, 0.1) is 16.7 Å². The molecule has 1 saturated carbocycles. The highest BCUT2D eigenvalue weighted by Gasteiger charge is 2.35. The van der Waals surface area contributed by atoms with Crippen LogP contribution in [0.15, 0.2) is 0 Å². The molecule has 108 valence electrons. The lowest BCUT2D eigenvalue weighted by molar-refractivity contribution is 0.00439. The van der Waals surface area contributed by atoms with Gasteiger partial charge in [0.25, 0.3) is 0 Å². The second-order valence-corrected chi connectivity index (χ2v) is 8.78. The Balaban J connectivity index is 2.55. The van der Waals surface area contributed by atoms with Crippen LogP contribution in [0.5, 0.6) is 0 Å². The van der Waals surface area contributed by atoms with Crippen LogP contribution >= 0.6 is 0 Å². The summed E-state index contributed by atoms with van der Waals surface area (Å²) in [7, 11) is 0. The largest absolute Gasteiger partial charge is 0.390 e. The van der Waals surface area contributed by atoms with Gasteiger partial charge in [0.2, 0.25) is 0 Å². The minimum Gasteiger partial charge on any atom is -0.390 e. The van der Waals surface area contributed by atoms with Gasteiger partial charge in [-0.1, -0.05) is 48.0 Å². The maximum Gasteiger partial charge on any atom is 0.0648 e. The third kappa shape index (κ3) is 5.30. The molecular weight excluding hydrogens is 220 g/mol. The second-order valence-electron chi connectivity index (χ2n) is 8.78. The average Bonchev–Trinajstić information content (AvgIpc) is 2.36. The first-order valence-corrected chi connectivity index (χ1v) is 7.74. The molecular formula is C17H34O. The van der Waals surface area contributed by atoms with E-state index in [-0.39, 0.29) is 5.60 Å². The van der Waals surface area contributed by atoms with E-state index in [0.29, 0.717) is 10.8 Å². The Morgan fingerprint density at radius 2 is 1.61 bits per heavy atom. The maximum atomic E-state index is 10.8. The Morgan fingerprint density at radius 1 is 1.00 bits per heavy atom. The van der Waals surface area contributed by atoms with Crippen molar-refractivity contribution in [3.8, 4) is 0 Å². The molecule has 1 aliphatic rings. The standard InChI is InChI=1S/C17H34O/c1-15(2,3)12-13-17(18)10-7-8-14(9-11-17)16(4,5)6/h14,18H,7-13H2,1-6H3. The van der Waals surface area contributed by atoms with Crippen molar-refractivity contribution in [1.82, 2.24) is 0 Å². The van der Waals surface area contributed by atoms with Crippen LogP contribution in [-0.2, 0) is 0 Å². The van der Waals surface area contributed by atoms with Gasteiger partial charge in [-0.2, -0.15) is 0 Å². The third-order valence-corrected chi connectivity index (χ3v) is 4.72. The van der Waals surface area contributed by atoms with Gasteiger partial charge in [0, 0.05) is 0 Å². The summed E-state index contributed by atoms with van der Waals surface area (Å²) in [6.45, 7) is 13.8. The van der Waals surface area contributed by atoms with Crippen molar-refractivity contribution in [1.29, 1.82) is 0 Å². The smallest absolute Gasteiger partial charge is 0.0648 e. The highest BCUT2D eigenvalue weighted by atomic mass is 16.3. The molecule has 18 heavy (non-hydrogen) atoms. The van der Waals surface area contributed by atoms with E-state index in [1.165, 1.54) is 19.3 Å². The summed E-state index contributed by atoms with van der Waals surface area (Å²) < 4.78 is 0. The first-order chi connectivity index (χ1) is 8.02. The molecule has 0 spiro atoms. The average molecular weight is 254 g/mol. The minimum atomic E-state index is -0.382. The lowest BCUT2D eigenvalue weighted by Crippen LogP contribution is -2.30. The number of aliphatic hydroxyl groups is 1. The van der Waals surface area contributed by atoms with Gasteiger partial charge >= 0.3 is 0 Å². The van der Waals surface area contributed by atoms with Crippen LogP contribution in [0.2, 0.25) is 0 Å². The van der Waals surface area contributed by atoms with Gasteiger partial charge in [-0.05, 0) is 55.3 Å². The maximum absolute atomic E-state index is 10.8. The molecule has 0 aliphatic heterocycles. The van der Waals surface area contributed by atoms with Gasteiger partial charge in [0.05, 0.1) is 5.60 Å². The van der Waals surface area contributed by atoms with Gasteiger partial charge in [-0.15, -0.1) is 0 Å². The van der Waals surface area contributed by atoms with Crippen molar-refractivity contribution >= 4 is 0 Å². The van der Waals surface area contributed by atoms with Crippen LogP contribution in [-0.4, -0.2) is 10.7 Å². The predicted molar refractivity (Wildman–Crippen MR) is 79.7 cm³/mol. The first kappa shape index (κ1) is 16.0. The molecule has 1 fully saturated rings. The molecule has 0 aromatic carbocycles. The van der Waals surface area contributed by atoms with E-state index < -0.39 is 0 Å². The zero-order valence-electron chi connectivity index (χ0n) is 13.5. The van der Waals surface area contributed by atoms with Crippen molar-refractivity contribution in [3.05, 3.63) is 0 Å². The van der Waals surface area contributed by atoms with Crippen LogP contribution in [0.4, 0.5) is 0 Å². The van der Waals surface area contributed by atoms with Crippen molar-refractivity contribution in [2.75, 3.05) is 0 Å². The van der Waals surface area contributed by atoms with Crippen LogP contribution < -0.4 is 0 Å². The zero-order valence-corrected chi connectivity index (χ0v) is 13.5. The number of rotatable bonds is 2. The van der Waals surface area contributed by atoms with Gasteiger partial charge in [0.15, 0.2) is 0 Å². The molecule has 0 bridgehead atoms. The van der Waals surface area contributed by atoms with Crippen LogP contribution in [0.1, 0.15) is 86.5 Å². The highest BCUT2D eigenvalue weighted by Crippen LogP contribution is 2.42. The molecule has 1 N–H and O–H groups in total. The summed E-state index contributed by atoms with van der Waals surface area (Å²) in [5, 5.41) is 10.8. The fourth-order valence-electron chi connectivity index (χ4n) is 3.11. The Morgan fingerprint density at radius 3 is 2.11 bits per heavy atom. The Bertz CT molecular complexity index is 256. The molecule has 2 atom stereocenters. The molecule has 0 heterocycles. The van der Waals surface area contributed by atoms with E-state index in [2.05, 4.69) is 41.5 Å². The second kappa shape index (κ2) is 5.53. The molecule has 2 unspecified atom stereocenters. The van der Waals surface area contributed by atoms with Crippen molar-refractivity contribution in [2.24, 2.45) is 16.7 Å². The SMILES string of the molecule is CC(C)(C)CCC1(O)CCCC(C(C)(C)C)CC1. The molecule has 0 amide bonds. The molecule has 1 rings (SSSR count). The van der Waals surface area contributed by atoms with Crippen LogP contribution in [0.25, 0.3) is 0 Å². The molecule has 0 radical (unpaired) electrons. The molecule has 1 nitrogen and oxygen atoms in total. The lowest BCUT2D eigenvalue weighted by atomic mass is 9.76. The molecule has 1 heteroatoms. The van der Waals surface area contributed by atoms with Gasteiger partial charge in [-0.3, -0.25) is 0 Å². The summed E-state index contributed by atoms with van der Waals surface area (Å²) in [6.07, 6.45) is 7.81. The fourth-order valence-corrected chi connectivity index (χ4v) is 3.11. The minimum absolute atomic E-state index is 0.339. The van der Waals surface area contributed by atoms with E-state index in [4.69, 9.17) is 0 Å². The molecule has 0 aromatic heterocycles. The highest BCUT2D eigenvalue weighted by molar-refractivity contribution is 4.87. The zero-order chi connectivity index (χ0) is 14.0. The van der Waals surface area contributed by atoms with Crippen molar-refractivity contribution in [2.45, 2.75) is 92.1 Å². The van der Waals surface area contributed by atoms with Gasteiger partial charge < -0.3 is 5.11 Å². The summed E-state index contributed by atoms with van der Waals surface area (Å²) in [6, 6.07) is 0. The van der Waals surface area contributed by atoms with Crippen LogP contribution in [0.3, 0.4) is 0 Å². The first-order valence-electron chi connectivity index (χ1n) is 7.74. The molecule has 0 saturated heterocycles. The van der Waals surface area contributed by atoms with E-state index in [1.54, 1.807) is 0 Å². The number of hydrogen-bond acceptors (Lipinski definition) is 1. The predicted octanol–water partition coefficient (Wildman–Crippen LogP) is 5.17. The van der Waals surface area contributed by atoms with Crippen molar-refractivity contribution in [3.63, 3.8) is 0 Å². The summed E-state index contributed by atoms with van der Waals surface area (Å²) >= 11 is 0. The summed E-state index contributed by atoms with van der Waals surface area (Å²) in [5.74, 6) is 0.779. The van der Waals surface area contributed by atoms with Gasteiger partial charge in [-0.25, -0.2) is 0 Å². The molecule has 1 aliphatic carbocycles. The van der Waals surface area contributed by atoms with E-state index >= 15 is 0 Å². The monoisotopic (exact) mass is 254 g/mol. The fraction of sp³-hybridized carbons (Fsp3) is 1.00. The summed E-state index contributed by atoms with van der Waals surface area (Å²) in [4.78, 5) is 0. The van der Waals surface area contributed by atoms with Gasteiger partial charge in [0.1, 0.15) is 0 Å². The van der Waals surface area contributed by atoms with E-state index in [1.807, 2.05) is 0 Å².